The molecule has 0 radical (unpaired) electrons. The van der Waals surface area contributed by atoms with Crippen LogP contribution in [0.5, 0.6) is 11.5 Å². The van der Waals surface area contributed by atoms with E-state index in [1.54, 1.807) is 0 Å². The van der Waals surface area contributed by atoms with Crippen molar-refractivity contribution in [3.05, 3.63) is 64.5 Å². The summed E-state index contributed by atoms with van der Waals surface area (Å²) in [6, 6.07) is 3.27. The van der Waals surface area contributed by atoms with Crippen molar-refractivity contribution in [1.29, 1.82) is 0 Å². The molecule has 4 aliphatic rings. The lowest BCUT2D eigenvalue weighted by Gasteiger charge is -2.38. The summed E-state index contributed by atoms with van der Waals surface area (Å²) in [4.78, 5) is 21.8. The average molecular weight is 525 g/mol. The van der Waals surface area contributed by atoms with Crippen LogP contribution in [0, 0.1) is 17.0 Å². The number of halogens is 2. The van der Waals surface area contributed by atoms with Crippen molar-refractivity contribution in [1.82, 2.24) is 15.2 Å². The van der Waals surface area contributed by atoms with E-state index in [-0.39, 0.29) is 24.0 Å². The second-order valence-corrected chi connectivity index (χ2v) is 10.1. The number of nitrogens with zero attached hydrogens (tertiary/aromatic N) is 3. The van der Waals surface area contributed by atoms with Gasteiger partial charge >= 0.3 is 0 Å². The number of ether oxygens (including phenoxy) is 3. The van der Waals surface area contributed by atoms with Crippen LogP contribution in [0.25, 0.3) is 5.70 Å². The summed E-state index contributed by atoms with van der Waals surface area (Å²) in [5.74, 6) is -2.49. The molecule has 3 aliphatic heterocycles. The molecule has 2 fully saturated rings. The molecule has 1 amide bonds. The molecule has 0 atom stereocenters. The number of hydrogen-bond acceptors (Lipinski definition) is 7. The van der Waals surface area contributed by atoms with E-state index in [9.17, 15) is 4.79 Å². The number of amides is 1. The van der Waals surface area contributed by atoms with E-state index in [0.717, 1.165) is 66.9 Å². The first-order chi connectivity index (χ1) is 18.4. The van der Waals surface area contributed by atoms with Crippen molar-refractivity contribution in [2.45, 2.75) is 19.4 Å². The quantitative estimate of drug-likeness (QED) is 0.622. The van der Waals surface area contributed by atoms with Gasteiger partial charge in [-0.25, -0.2) is 8.78 Å². The number of fused-ring (bicyclic) bond motifs is 1. The highest BCUT2D eigenvalue weighted by molar-refractivity contribution is 6.05. The van der Waals surface area contributed by atoms with Gasteiger partial charge in [-0.1, -0.05) is 0 Å². The van der Waals surface area contributed by atoms with E-state index in [1.165, 1.54) is 19.1 Å². The number of allylic oxidation sites excluding steroid dienone is 1. The summed E-state index contributed by atoms with van der Waals surface area (Å²) in [5.41, 5.74) is 3.62. The molecule has 1 aliphatic carbocycles. The number of carbonyl (C=O) groups excluding carboxylic acids is 1. The number of hydrogen-bond donors (Lipinski definition) is 1. The molecule has 8 nitrogen and oxygen atoms in total. The summed E-state index contributed by atoms with van der Waals surface area (Å²) >= 11 is 0. The maximum atomic E-state index is 15.3. The summed E-state index contributed by atoms with van der Waals surface area (Å²) in [7, 11) is 2.59. The van der Waals surface area contributed by atoms with Gasteiger partial charge in [-0.3, -0.25) is 14.7 Å². The monoisotopic (exact) mass is 524 g/mol. The lowest BCUT2D eigenvalue weighted by atomic mass is 9.82. The first kappa shape index (κ1) is 24.8. The number of nitrogens with one attached hydrogen (secondary N) is 1. The molecule has 6 rings (SSSR count). The first-order valence-corrected chi connectivity index (χ1v) is 12.8. The summed E-state index contributed by atoms with van der Waals surface area (Å²) in [6.45, 7) is 4.59. The maximum Gasteiger partial charge on any atom is 0.238 e. The molecule has 1 spiro atoms. The van der Waals surface area contributed by atoms with Crippen molar-refractivity contribution in [2.75, 3.05) is 58.5 Å². The molecule has 1 aromatic carbocycles. The third-order valence-electron chi connectivity index (χ3n) is 7.87. The van der Waals surface area contributed by atoms with Crippen LogP contribution in [0.2, 0.25) is 0 Å². The van der Waals surface area contributed by atoms with Gasteiger partial charge in [-0.15, -0.1) is 0 Å². The van der Waals surface area contributed by atoms with Crippen molar-refractivity contribution in [2.24, 2.45) is 5.41 Å². The van der Waals surface area contributed by atoms with E-state index in [4.69, 9.17) is 14.2 Å². The molecule has 10 heteroatoms. The van der Waals surface area contributed by atoms with Crippen LogP contribution in [0.15, 0.2) is 41.7 Å². The molecular formula is C28H30F2N4O4. The molecule has 4 heterocycles. The third-order valence-corrected chi connectivity index (χ3v) is 7.87. The van der Waals surface area contributed by atoms with Gasteiger partial charge in [0.2, 0.25) is 5.91 Å². The Hall–Kier alpha value is -3.50. The molecule has 38 heavy (non-hydrogen) atoms. The largest absolute Gasteiger partial charge is 0.493 e. The molecule has 1 aromatic heterocycles. The lowest BCUT2D eigenvalue weighted by molar-refractivity contribution is -0.122. The Morgan fingerprint density at radius 3 is 2.45 bits per heavy atom. The number of benzene rings is 1. The van der Waals surface area contributed by atoms with E-state index < -0.39 is 22.7 Å². The van der Waals surface area contributed by atoms with Gasteiger partial charge in [0.25, 0.3) is 0 Å². The van der Waals surface area contributed by atoms with E-state index in [0.29, 0.717) is 19.4 Å². The highest BCUT2D eigenvalue weighted by Crippen LogP contribution is 2.58. The fourth-order valence-corrected chi connectivity index (χ4v) is 5.67. The zero-order valence-electron chi connectivity index (χ0n) is 21.5. The molecule has 1 saturated heterocycles. The predicted octanol–water partition coefficient (Wildman–Crippen LogP) is 3.28. The summed E-state index contributed by atoms with van der Waals surface area (Å²) in [5, 5.41) is 3.45. The van der Waals surface area contributed by atoms with Gasteiger partial charge in [-0.05, 0) is 41.7 Å². The first-order valence-electron chi connectivity index (χ1n) is 12.8. The number of carbonyl (C=O) groups is 1. The topological polar surface area (TPSA) is 76.2 Å². The normalized spacial score (nSPS) is 20.7. The highest BCUT2D eigenvalue weighted by Gasteiger charge is 2.58. The number of morpholine rings is 1. The SMILES string of the molecule is COc1cc(OC)c(F)c(N2CC3=C(C=C(c4cncc(CN5CCOCC5)c4)NC3)C3(CC3)C2=O)c1F. The zero-order valence-corrected chi connectivity index (χ0v) is 21.5. The third kappa shape index (κ3) is 4.12. The van der Waals surface area contributed by atoms with Crippen molar-refractivity contribution in [3.8, 4) is 11.5 Å². The van der Waals surface area contributed by atoms with Gasteiger partial charge in [0.15, 0.2) is 23.1 Å². The van der Waals surface area contributed by atoms with Crippen LogP contribution in [-0.4, -0.2) is 69.4 Å². The molecule has 2 aromatic rings. The van der Waals surface area contributed by atoms with Crippen LogP contribution < -0.4 is 19.7 Å². The fourth-order valence-electron chi connectivity index (χ4n) is 5.67. The van der Waals surface area contributed by atoms with Crippen LogP contribution in [0.3, 0.4) is 0 Å². The Labute approximate surface area is 219 Å². The van der Waals surface area contributed by atoms with Crippen molar-refractivity contribution < 1.29 is 27.8 Å². The molecule has 200 valence electrons. The smallest absolute Gasteiger partial charge is 0.238 e. The average Bonchev–Trinajstić information content (AvgIpc) is 3.74. The number of rotatable bonds is 6. The van der Waals surface area contributed by atoms with Crippen molar-refractivity contribution in [3.63, 3.8) is 0 Å². The number of dihydropyridines is 1. The Kier molecular flexibility index (Phi) is 6.31. The van der Waals surface area contributed by atoms with Gasteiger partial charge in [0.1, 0.15) is 5.69 Å². The Morgan fingerprint density at radius 1 is 1.08 bits per heavy atom. The number of pyridine rings is 1. The molecule has 0 bridgehead atoms. The molecule has 0 unspecified atom stereocenters. The van der Waals surface area contributed by atoms with Gasteiger partial charge in [0.05, 0.1) is 32.8 Å². The Bertz CT molecular complexity index is 1320. The summed E-state index contributed by atoms with van der Waals surface area (Å²) < 4.78 is 46.3. The van der Waals surface area contributed by atoms with Crippen molar-refractivity contribution >= 4 is 17.3 Å². The number of anilines is 1. The summed E-state index contributed by atoms with van der Waals surface area (Å²) in [6.07, 6.45) is 6.98. The highest BCUT2D eigenvalue weighted by atomic mass is 19.1. The van der Waals surface area contributed by atoms with Gasteiger partial charge in [0, 0.05) is 62.4 Å². The number of aromatic nitrogens is 1. The second kappa shape index (κ2) is 9.67. The Morgan fingerprint density at radius 2 is 1.79 bits per heavy atom. The second-order valence-electron chi connectivity index (χ2n) is 10.1. The lowest BCUT2D eigenvalue weighted by Crippen LogP contribution is -2.47. The maximum absolute atomic E-state index is 15.3. The van der Waals surface area contributed by atoms with Crippen LogP contribution >= 0.6 is 0 Å². The number of methoxy groups -OCH3 is 2. The van der Waals surface area contributed by atoms with Crippen LogP contribution in [-0.2, 0) is 16.1 Å². The molecule has 1 N–H and O–H groups in total. The van der Waals surface area contributed by atoms with Gasteiger partial charge in [-0.2, -0.15) is 0 Å². The molecule has 1 saturated carbocycles. The van der Waals surface area contributed by atoms with Crippen LogP contribution in [0.1, 0.15) is 24.0 Å². The van der Waals surface area contributed by atoms with E-state index in [1.807, 2.05) is 18.5 Å². The minimum atomic E-state index is -0.915. The minimum absolute atomic E-state index is 0.0756. The van der Waals surface area contributed by atoms with E-state index >= 15 is 8.78 Å². The molecular weight excluding hydrogens is 494 g/mol. The fraction of sp³-hybridized carbons (Fsp3) is 0.429. The standard InChI is InChI=1S/C28H30F2N4O4/c1-36-22-11-23(37-2)25(30)26(24(22)29)34-16-19-14-32-21(10-20(19)28(3-4-28)27(34)35)18-9-17(12-31-13-18)15-33-5-7-38-8-6-33/h9-13,32H,3-8,14-16H2,1-2H3. The van der Waals surface area contributed by atoms with E-state index in [2.05, 4.69) is 21.3 Å². The Balaban J connectivity index is 1.33. The zero-order chi connectivity index (χ0) is 26.4. The van der Waals surface area contributed by atoms with Crippen LogP contribution in [0.4, 0.5) is 14.5 Å². The minimum Gasteiger partial charge on any atom is -0.493 e. The predicted molar refractivity (Wildman–Crippen MR) is 137 cm³/mol. The van der Waals surface area contributed by atoms with Gasteiger partial charge < -0.3 is 24.4 Å².